The lowest BCUT2D eigenvalue weighted by Crippen LogP contribution is -2.38. The second kappa shape index (κ2) is 7.11. The summed E-state index contributed by atoms with van der Waals surface area (Å²) in [7, 11) is 1.66. The average molecular weight is 299 g/mol. The largest absolute Gasteiger partial charge is 0.493 e. The van der Waals surface area contributed by atoms with Gasteiger partial charge in [0.05, 0.1) is 13.7 Å². The third kappa shape index (κ3) is 3.47. The highest BCUT2D eigenvalue weighted by molar-refractivity contribution is 5.39. The number of rotatable bonds is 5. The normalized spacial score (nSPS) is 18.0. The summed E-state index contributed by atoms with van der Waals surface area (Å²) in [5.74, 6) is 2.87. The molecule has 1 aromatic heterocycles. The maximum Gasteiger partial charge on any atom is 0.225 e. The van der Waals surface area contributed by atoms with Gasteiger partial charge < -0.3 is 14.4 Å². The first-order valence-electron chi connectivity index (χ1n) is 7.64. The van der Waals surface area contributed by atoms with Crippen molar-refractivity contribution in [2.75, 3.05) is 31.7 Å². The molecule has 2 aromatic rings. The summed E-state index contributed by atoms with van der Waals surface area (Å²) < 4.78 is 11.3. The average Bonchev–Trinajstić information content (AvgIpc) is 2.61. The summed E-state index contributed by atoms with van der Waals surface area (Å²) in [4.78, 5) is 10.9. The Morgan fingerprint density at radius 1 is 1.14 bits per heavy atom. The monoisotopic (exact) mass is 299 g/mol. The summed E-state index contributed by atoms with van der Waals surface area (Å²) in [6.07, 6.45) is 5.88. The van der Waals surface area contributed by atoms with Crippen LogP contribution in [0.5, 0.6) is 11.5 Å². The second-order valence-corrected chi connectivity index (χ2v) is 5.46. The van der Waals surface area contributed by atoms with Crippen molar-refractivity contribution in [1.82, 2.24) is 9.97 Å². The maximum absolute atomic E-state index is 5.96. The van der Waals surface area contributed by atoms with E-state index in [1.807, 2.05) is 30.3 Å². The van der Waals surface area contributed by atoms with Crippen LogP contribution in [-0.2, 0) is 0 Å². The van der Waals surface area contributed by atoms with Gasteiger partial charge in [-0.3, -0.25) is 0 Å². The van der Waals surface area contributed by atoms with Gasteiger partial charge in [0, 0.05) is 31.4 Å². The van der Waals surface area contributed by atoms with Gasteiger partial charge in [0.1, 0.15) is 0 Å². The molecule has 0 N–H and O–H groups in total. The summed E-state index contributed by atoms with van der Waals surface area (Å²) in [6.45, 7) is 2.62. The van der Waals surface area contributed by atoms with Crippen molar-refractivity contribution in [3.63, 3.8) is 0 Å². The third-order valence-electron chi connectivity index (χ3n) is 3.90. The van der Waals surface area contributed by atoms with Crippen molar-refractivity contribution in [1.29, 1.82) is 0 Å². The van der Waals surface area contributed by atoms with Crippen molar-refractivity contribution in [2.24, 2.45) is 5.92 Å². The molecule has 3 rings (SSSR count). The zero-order valence-corrected chi connectivity index (χ0v) is 12.8. The minimum Gasteiger partial charge on any atom is -0.493 e. The van der Waals surface area contributed by atoms with Crippen molar-refractivity contribution >= 4 is 5.95 Å². The molecule has 1 fully saturated rings. The fraction of sp³-hybridized carbons (Fsp3) is 0.412. The smallest absolute Gasteiger partial charge is 0.225 e. The molecule has 1 atom stereocenters. The Labute approximate surface area is 130 Å². The Kier molecular flexibility index (Phi) is 4.73. The van der Waals surface area contributed by atoms with E-state index in [2.05, 4.69) is 14.9 Å². The highest BCUT2D eigenvalue weighted by Crippen LogP contribution is 2.27. The lowest BCUT2D eigenvalue weighted by atomic mass is 9.99. The van der Waals surface area contributed by atoms with E-state index >= 15 is 0 Å². The van der Waals surface area contributed by atoms with E-state index in [0.29, 0.717) is 12.5 Å². The van der Waals surface area contributed by atoms with E-state index in [1.54, 1.807) is 19.5 Å². The maximum atomic E-state index is 5.96. The van der Waals surface area contributed by atoms with Crippen molar-refractivity contribution in [3.05, 3.63) is 42.7 Å². The number of para-hydroxylation sites is 2. The number of benzene rings is 1. The first-order chi connectivity index (χ1) is 10.9. The summed E-state index contributed by atoms with van der Waals surface area (Å²) in [6, 6.07) is 9.61. The first-order valence-corrected chi connectivity index (χ1v) is 7.64. The third-order valence-corrected chi connectivity index (χ3v) is 3.90. The van der Waals surface area contributed by atoms with Crippen LogP contribution < -0.4 is 14.4 Å². The van der Waals surface area contributed by atoms with E-state index in [4.69, 9.17) is 9.47 Å². The number of hydrogen-bond donors (Lipinski definition) is 0. The number of nitrogens with zero attached hydrogens (tertiary/aromatic N) is 3. The predicted octanol–water partition coefficient (Wildman–Crippen LogP) is 2.78. The van der Waals surface area contributed by atoms with Crippen molar-refractivity contribution < 1.29 is 9.47 Å². The van der Waals surface area contributed by atoms with E-state index in [0.717, 1.165) is 37.0 Å². The number of hydrogen-bond acceptors (Lipinski definition) is 5. The molecule has 0 unspecified atom stereocenters. The molecule has 5 heteroatoms. The lowest BCUT2D eigenvalue weighted by molar-refractivity contribution is 0.220. The van der Waals surface area contributed by atoms with Gasteiger partial charge in [0.25, 0.3) is 0 Å². The number of anilines is 1. The van der Waals surface area contributed by atoms with Gasteiger partial charge >= 0.3 is 0 Å². The predicted molar refractivity (Wildman–Crippen MR) is 85.5 cm³/mol. The Morgan fingerprint density at radius 3 is 2.68 bits per heavy atom. The Morgan fingerprint density at radius 2 is 1.91 bits per heavy atom. The first kappa shape index (κ1) is 14.6. The summed E-state index contributed by atoms with van der Waals surface area (Å²) >= 11 is 0. The minimum absolute atomic E-state index is 0.475. The minimum atomic E-state index is 0.475. The van der Waals surface area contributed by atoms with Crippen LogP contribution >= 0.6 is 0 Å². The molecule has 1 aliphatic heterocycles. The van der Waals surface area contributed by atoms with E-state index in [1.165, 1.54) is 6.42 Å². The molecular formula is C17H21N3O2. The highest BCUT2D eigenvalue weighted by atomic mass is 16.5. The Balaban J connectivity index is 1.59. The van der Waals surface area contributed by atoms with E-state index < -0.39 is 0 Å². The zero-order chi connectivity index (χ0) is 15.2. The van der Waals surface area contributed by atoms with E-state index in [9.17, 15) is 0 Å². The number of piperidine rings is 1. The lowest BCUT2D eigenvalue weighted by Gasteiger charge is -2.32. The standard InChI is InChI=1S/C17H21N3O2/c1-21-15-7-2-3-8-16(15)22-13-14-6-4-11-20(12-14)17-18-9-5-10-19-17/h2-3,5,7-10,14H,4,6,11-13H2,1H3/t14-/m1/s1. The van der Waals surface area contributed by atoms with Crippen LogP contribution in [0.25, 0.3) is 0 Å². The fourth-order valence-electron chi connectivity index (χ4n) is 2.78. The molecule has 2 heterocycles. The van der Waals surface area contributed by atoms with Gasteiger partial charge in [-0.05, 0) is 31.0 Å². The molecule has 0 saturated carbocycles. The SMILES string of the molecule is COc1ccccc1OC[C@@H]1CCCN(c2ncccn2)C1. The summed E-state index contributed by atoms with van der Waals surface area (Å²) in [5.41, 5.74) is 0. The molecule has 1 saturated heterocycles. The highest BCUT2D eigenvalue weighted by Gasteiger charge is 2.22. The molecule has 1 aromatic carbocycles. The van der Waals surface area contributed by atoms with Crippen LogP contribution in [0.3, 0.4) is 0 Å². The molecule has 0 aliphatic carbocycles. The van der Waals surface area contributed by atoms with Crippen molar-refractivity contribution in [2.45, 2.75) is 12.8 Å². The molecule has 0 amide bonds. The molecule has 0 bridgehead atoms. The van der Waals surface area contributed by atoms with Crippen LogP contribution in [0.1, 0.15) is 12.8 Å². The molecule has 0 spiro atoms. The quantitative estimate of drug-likeness (QED) is 0.849. The van der Waals surface area contributed by atoms with E-state index in [-0.39, 0.29) is 0 Å². The van der Waals surface area contributed by atoms with Gasteiger partial charge in [-0.1, -0.05) is 12.1 Å². The van der Waals surface area contributed by atoms with Crippen LogP contribution in [0.2, 0.25) is 0 Å². The Hall–Kier alpha value is -2.30. The number of aromatic nitrogens is 2. The second-order valence-electron chi connectivity index (χ2n) is 5.46. The molecule has 5 nitrogen and oxygen atoms in total. The number of methoxy groups -OCH3 is 1. The molecule has 22 heavy (non-hydrogen) atoms. The van der Waals surface area contributed by atoms with Crippen LogP contribution in [0.15, 0.2) is 42.7 Å². The van der Waals surface area contributed by atoms with Crippen molar-refractivity contribution in [3.8, 4) is 11.5 Å². The van der Waals surface area contributed by atoms with Crippen LogP contribution in [-0.4, -0.2) is 36.8 Å². The topological polar surface area (TPSA) is 47.5 Å². The molecule has 1 aliphatic rings. The molecule has 116 valence electrons. The molecule has 0 radical (unpaired) electrons. The van der Waals surface area contributed by atoms with Gasteiger partial charge in [-0.15, -0.1) is 0 Å². The molecular weight excluding hydrogens is 278 g/mol. The van der Waals surface area contributed by atoms with Crippen LogP contribution in [0.4, 0.5) is 5.95 Å². The fourth-order valence-corrected chi connectivity index (χ4v) is 2.78. The van der Waals surface area contributed by atoms with Gasteiger partial charge in [0.2, 0.25) is 5.95 Å². The van der Waals surface area contributed by atoms with Gasteiger partial charge in [0.15, 0.2) is 11.5 Å². The van der Waals surface area contributed by atoms with Gasteiger partial charge in [-0.25, -0.2) is 9.97 Å². The number of ether oxygens (including phenoxy) is 2. The van der Waals surface area contributed by atoms with Crippen LogP contribution in [0, 0.1) is 5.92 Å². The van der Waals surface area contributed by atoms with Gasteiger partial charge in [-0.2, -0.15) is 0 Å². The summed E-state index contributed by atoms with van der Waals surface area (Å²) in [5, 5.41) is 0. The Bertz CT molecular complexity index is 591. The zero-order valence-electron chi connectivity index (χ0n) is 12.8.